The average molecular weight is 270 g/mol. The predicted octanol–water partition coefficient (Wildman–Crippen LogP) is 1.82. The fraction of sp³-hybridized carbons (Fsp3) is 0.429. The van der Waals surface area contributed by atoms with Gasteiger partial charge in [-0.15, -0.1) is 0 Å². The quantitative estimate of drug-likeness (QED) is 0.917. The largest absolute Gasteiger partial charge is 0.322 e. The van der Waals surface area contributed by atoms with E-state index in [2.05, 4.69) is 37.2 Å². The van der Waals surface area contributed by atoms with E-state index in [1.54, 1.807) is 24.8 Å². The van der Waals surface area contributed by atoms with Crippen LogP contribution in [-0.2, 0) is 0 Å². The average Bonchev–Trinajstić information content (AvgIpc) is 2.49. The van der Waals surface area contributed by atoms with Crippen LogP contribution in [0.2, 0.25) is 0 Å². The molecule has 1 fully saturated rings. The zero-order valence-electron chi connectivity index (χ0n) is 11.5. The maximum absolute atomic E-state index is 4.53. The van der Waals surface area contributed by atoms with Gasteiger partial charge in [0.05, 0.1) is 24.3 Å². The summed E-state index contributed by atoms with van der Waals surface area (Å²) in [6.45, 7) is 2.24. The molecule has 1 atom stereocenters. The lowest BCUT2D eigenvalue weighted by Crippen LogP contribution is -2.31. The molecule has 104 valence electrons. The normalized spacial score (nSPS) is 19.8. The second-order valence-electron chi connectivity index (χ2n) is 5.14. The van der Waals surface area contributed by atoms with E-state index < -0.39 is 0 Å². The molecule has 0 bridgehead atoms. The minimum Gasteiger partial charge on any atom is -0.322 e. The van der Waals surface area contributed by atoms with Gasteiger partial charge in [0.15, 0.2) is 0 Å². The third-order valence-corrected chi connectivity index (χ3v) is 3.53. The number of likely N-dealkylation sites (tertiary alicyclic amines) is 1. The van der Waals surface area contributed by atoms with Crippen molar-refractivity contribution in [3.8, 4) is 0 Å². The number of piperidine rings is 1. The van der Waals surface area contributed by atoms with E-state index in [4.69, 9.17) is 0 Å². The van der Waals surface area contributed by atoms with Crippen molar-refractivity contribution in [3.63, 3.8) is 0 Å². The van der Waals surface area contributed by atoms with Gasteiger partial charge in [-0.05, 0) is 26.4 Å². The number of nitrogens with one attached hydrogen (secondary N) is 1. The third-order valence-electron chi connectivity index (χ3n) is 3.53. The third kappa shape index (κ3) is 3.08. The zero-order valence-corrected chi connectivity index (χ0v) is 11.5. The monoisotopic (exact) mass is 270 g/mol. The molecule has 6 heteroatoms. The fourth-order valence-electron chi connectivity index (χ4n) is 2.52. The van der Waals surface area contributed by atoms with Crippen LogP contribution in [0.3, 0.4) is 0 Å². The topological polar surface area (TPSA) is 66.8 Å². The lowest BCUT2D eigenvalue weighted by molar-refractivity contribution is 0.248. The van der Waals surface area contributed by atoms with Gasteiger partial charge >= 0.3 is 0 Å². The summed E-state index contributed by atoms with van der Waals surface area (Å²) in [5.41, 5.74) is 1.07. The van der Waals surface area contributed by atoms with E-state index in [-0.39, 0.29) is 0 Å². The Kier molecular flexibility index (Phi) is 3.83. The zero-order chi connectivity index (χ0) is 13.8. The molecule has 1 saturated heterocycles. The van der Waals surface area contributed by atoms with E-state index >= 15 is 0 Å². The van der Waals surface area contributed by atoms with Gasteiger partial charge in [-0.25, -0.2) is 9.97 Å². The number of hydrogen-bond donors (Lipinski definition) is 1. The lowest BCUT2D eigenvalue weighted by atomic mass is 9.95. The Morgan fingerprint density at radius 3 is 2.70 bits per heavy atom. The van der Waals surface area contributed by atoms with Crippen molar-refractivity contribution < 1.29 is 0 Å². The molecule has 0 spiro atoms. The highest BCUT2D eigenvalue weighted by molar-refractivity contribution is 5.48. The predicted molar refractivity (Wildman–Crippen MR) is 76.8 cm³/mol. The summed E-state index contributed by atoms with van der Waals surface area (Å²) in [6, 6.07) is 0. The second kappa shape index (κ2) is 5.92. The first-order valence-corrected chi connectivity index (χ1v) is 6.85. The van der Waals surface area contributed by atoms with Gasteiger partial charge in [-0.2, -0.15) is 0 Å². The molecule has 1 aliphatic rings. The van der Waals surface area contributed by atoms with Crippen LogP contribution < -0.4 is 5.32 Å². The summed E-state index contributed by atoms with van der Waals surface area (Å²) in [7, 11) is 2.16. The Morgan fingerprint density at radius 2 is 2.00 bits per heavy atom. The first-order valence-electron chi connectivity index (χ1n) is 6.85. The Morgan fingerprint density at radius 1 is 1.10 bits per heavy atom. The van der Waals surface area contributed by atoms with Crippen LogP contribution in [0.25, 0.3) is 0 Å². The smallest absolute Gasteiger partial charge is 0.150 e. The van der Waals surface area contributed by atoms with Crippen molar-refractivity contribution in [2.75, 3.05) is 25.5 Å². The number of rotatable bonds is 3. The van der Waals surface area contributed by atoms with Crippen molar-refractivity contribution in [3.05, 3.63) is 36.7 Å². The number of nitrogens with zero attached hydrogens (tertiary/aromatic N) is 5. The van der Waals surface area contributed by atoms with Gasteiger partial charge in [0.2, 0.25) is 0 Å². The summed E-state index contributed by atoms with van der Waals surface area (Å²) in [5.74, 6) is 1.86. The van der Waals surface area contributed by atoms with Crippen molar-refractivity contribution >= 4 is 11.6 Å². The minimum atomic E-state index is 0.492. The van der Waals surface area contributed by atoms with E-state index in [9.17, 15) is 0 Å². The number of aromatic nitrogens is 4. The molecule has 1 unspecified atom stereocenters. The van der Waals surface area contributed by atoms with Crippen molar-refractivity contribution in [2.24, 2.45) is 0 Å². The van der Waals surface area contributed by atoms with Crippen molar-refractivity contribution in [2.45, 2.75) is 18.8 Å². The van der Waals surface area contributed by atoms with Crippen LogP contribution >= 0.6 is 0 Å². The summed E-state index contributed by atoms with van der Waals surface area (Å²) in [6.07, 6.45) is 11.0. The molecule has 20 heavy (non-hydrogen) atoms. The van der Waals surface area contributed by atoms with Crippen molar-refractivity contribution in [1.82, 2.24) is 24.8 Å². The number of anilines is 2. The maximum atomic E-state index is 4.53. The molecule has 1 N–H and O–H groups in total. The Bertz CT molecular complexity index is 541. The van der Waals surface area contributed by atoms with Gasteiger partial charge in [0, 0.05) is 24.9 Å². The summed E-state index contributed by atoms with van der Waals surface area (Å²) in [5, 5.41) is 3.09. The van der Waals surface area contributed by atoms with Gasteiger partial charge in [0.1, 0.15) is 11.6 Å². The number of hydrogen-bond acceptors (Lipinski definition) is 6. The molecular weight excluding hydrogens is 252 g/mol. The summed E-state index contributed by atoms with van der Waals surface area (Å²) < 4.78 is 0. The minimum absolute atomic E-state index is 0.492. The lowest BCUT2D eigenvalue weighted by Gasteiger charge is -2.29. The first kappa shape index (κ1) is 12.9. The summed E-state index contributed by atoms with van der Waals surface area (Å²) in [4.78, 5) is 19.4. The molecule has 0 saturated carbocycles. The molecule has 0 amide bonds. The Hall–Kier alpha value is -2.08. The van der Waals surface area contributed by atoms with Gasteiger partial charge < -0.3 is 10.2 Å². The van der Waals surface area contributed by atoms with E-state index in [1.165, 1.54) is 19.4 Å². The van der Waals surface area contributed by atoms with Crippen LogP contribution in [0.15, 0.2) is 31.0 Å². The highest BCUT2D eigenvalue weighted by Gasteiger charge is 2.20. The molecule has 3 rings (SSSR count). The van der Waals surface area contributed by atoms with E-state index in [0.717, 1.165) is 12.2 Å². The van der Waals surface area contributed by atoms with Crippen LogP contribution in [0.4, 0.5) is 11.6 Å². The van der Waals surface area contributed by atoms with Crippen LogP contribution in [0, 0.1) is 0 Å². The van der Waals surface area contributed by atoms with Crippen molar-refractivity contribution in [1.29, 1.82) is 0 Å². The van der Waals surface area contributed by atoms with Gasteiger partial charge in [-0.3, -0.25) is 9.97 Å². The second-order valence-corrected chi connectivity index (χ2v) is 5.14. The number of likely N-dealkylation sites (N-methyl/N-ethyl adjacent to an activating group) is 1. The fourth-order valence-corrected chi connectivity index (χ4v) is 2.52. The molecular formula is C14H18N6. The Labute approximate surface area is 118 Å². The highest BCUT2D eigenvalue weighted by atomic mass is 15.1. The van der Waals surface area contributed by atoms with E-state index in [1.807, 2.05) is 6.20 Å². The molecule has 0 aliphatic carbocycles. The summed E-state index contributed by atoms with van der Waals surface area (Å²) >= 11 is 0. The molecule has 6 nitrogen and oxygen atoms in total. The van der Waals surface area contributed by atoms with Gasteiger partial charge in [0.25, 0.3) is 0 Å². The van der Waals surface area contributed by atoms with Crippen LogP contribution in [-0.4, -0.2) is 45.0 Å². The molecule has 2 aromatic rings. The molecule has 3 heterocycles. The molecule has 2 aromatic heterocycles. The first-order chi connectivity index (χ1) is 9.81. The molecule has 0 aromatic carbocycles. The van der Waals surface area contributed by atoms with Crippen LogP contribution in [0.5, 0.6) is 0 Å². The maximum Gasteiger partial charge on any atom is 0.150 e. The molecule has 1 aliphatic heterocycles. The molecule has 0 radical (unpaired) electrons. The SMILES string of the molecule is CN1CCCC(c2cnc(Nc3cnccn3)cn2)C1. The van der Waals surface area contributed by atoms with E-state index in [0.29, 0.717) is 17.6 Å². The van der Waals surface area contributed by atoms with Crippen LogP contribution in [0.1, 0.15) is 24.5 Å². The standard InChI is InChI=1S/C14H18N6/c1-20-6-2-3-11(10-20)12-7-18-14(9-17-12)19-13-8-15-4-5-16-13/h4-5,7-9,11H,2-3,6,10H2,1H3,(H,16,18,19). The Balaban J connectivity index is 1.68. The van der Waals surface area contributed by atoms with Gasteiger partial charge in [-0.1, -0.05) is 0 Å². The highest BCUT2D eigenvalue weighted by Crippen LogP contribution is 2.24.